The number of hydrogen-bond acceptors (Lipinski definition) is 3. The highest BCUT2D eigenvalue weighted by molar-refractivity contribution is 6.10. The van der Waals surface area contributed by atoms with Crippen molar-refractivity contribution in [1.29, 1.82) is 0 Å². The van der Waals surface area contributed by atoms with Crippen molar-refractivity contribution in [3.8, 4) is 0 Å². The third-order valence-electron chi connectivity index (χ3n) is 5.24. The van der Waals surface area contributed by atoms with Gasteiger partial charge in [0, 0.05) is 60.4 Å². The van der Waals surface area contributed by atoms with Gasteiger partial charge in [0.15, 0.2) is 0 Å². The summed E-state index contributed by atoms with van der Waals surface area (Å²) in [5.74, 6) is -0.357. The minimum Gasteiger partial charge on any atom is -0.341 e. The number of amides is 1. The minimum absolute atomic E-state index is 0.260. The van der Waals surface area contributed by atoms with Crippen LogP contribution in [-0.2, 0) is 25.4 Å². The van der Waals surface area contributed by atoms with Crippen LogP contribution in [0.1, 0.15) is 12.5 Å². The summed E-state index contributed by atoms with van der Waals surface area (Å²) in [4.78, 5) is 36.4. The Morgan fingerprint density at radius 2 is 1.77 bits per heavy atom. The van der Waals surface area contributed by atoms with E-state index in [2.05, 4.69) is 28.9 Å². The first-order valence-electron chi connectivity index (χ1n) is 9.67. The summed E-state index contributed by atoms with van der Waals surface area (Å²) in [5.41, 5.74) is 2.34. The molecule has 2 aromatic heterocycles. The monoisotopic (exact) mass is 402 g/mol. The van der Waals surface area contributed by atoms with Crippen LogP contribution in [0.25, 0.3) is 27.9 Å². The molecule has 2 heterocycles. The van der Waals surface area contributed by atoms with Crippen LogP contribution in [0.2, 0.25) is 0 Å². The quantitative estimate of drug-likeness (QED) is 0.533. The summed E-state index contributed by atoms with van der Waals surface area (Å²) >= 11 is 0. The zero-order chi connectivity index (χ0) is 21.4. The lowest BCUT2D eigenvalue weighted by Crippen LogP contribution is -2.37. The molecule has 0 aliphatic heterocycles. The molecule has 2 aromatic carbocycles. The van der Waals surface area contributed by atoms with E-state index >= 15 is 0 Å². The van der Waals surface area contributed by atoms with Gasteiger partial charge in [-0.2, -0.15) is 0 Å². The zero-order valence-corrected chi connectivity index (χ0v) is 17.0. The number of benzene rings is 2. The van der Waals surface area contributed by atoms with Gasteiger partial charge in [-0.25, -0.2) is 4.79 Å². The molecule has 7 heteroatoms. The number of nitrogens with zero attached hydrogens (tertiary/aromatic N) is 3. The van der Waals surface area contributed by atoms with Gasteiger partial charge in [-0.15, -0.1) is 0 Å². The topological polar surface area (TPSA) is 78.0 Å². The Morgan fingerprint density at radius 3 is 2.53 bits per heavy atom. The van der Waals surface area contributed by atoms with Gasteiger partial charge in [-0.05, 0) is 37.3 Å². The Bertz CT molecular complexity index is 1440. The van der Waals surface area contributed by atoms with Crippen LogP contribution in [0.5, 0.6) is 0 Å². The molecule has 4 aromatic rings. The fraction of sp³-hybridized carbons (Fsp3) is 0.174. The van der Waals surface area contributed by atoms with Crippen molar-refractivity contribution in [1.82, 2.24) is 13.7 Å². The Morgan fingerprint density at radius 1 is 1.03 bits per heavy atom. The number of aryl methyl sites for hydroxylation is 2. The average Bonchev–Trinajstić information content (AvgIpc) is 3.07. The molecule has 7 nitrogen and oxygen atoms in total. The smallest absolute Gasteiger partial charge is 0.330 e. The van der Waals surface area contributed by atoms with Crippen molar-refractivity contribution in [2.24, 2.45) is 14.1 Å². The van der Waals surface area contributed by atoms with Crippen LogP contribution in [0.15, 0.2) is 64.3 Å². The van der Waals surface area contributed by atoms with E-state index < -0.39 is 11.2 Å². The second-order valence-corrected chi connectivity index (χ2v) is 7.16. The van der Waals surface area contributed by atoms with E-state index in [1.807, 2.05) is 30.3 Å². The number of rotatable bonds is 4. The van der Waals surface area contributed by atoms with Crippen molar-refractivity contribution in [3.63, 3.8) is 0 Å². The van der Waals surface area contributed by atoms with Crippen LogP contribution in [0.3, 0.4) is 0 Å². The summed E-state index contributed by atoms with van der Waals surface area (Å²) < 4.78 is 4.55. The molecule has 0 saturated carbocycles. The van der Waals surface area contributed by atoms with Gasteiger partial charge >= 0.3 is 5.69 Å². The third kappa shape index (κ3) is 3.24. The van der Waals surface area contributed by atoms with E-state index in [0.717, 1.165) is 32.9 Å². The van der Waals surface area contributed by atoms with Crippen LogP contribution in [0, 0.1) is 0 Å². The van der Waals surface area contributed by atoms with Crippen molar-refractivity contribution in [2.45, 2.75) is 13.5 Å². The molecular formula is C23H22N4O3. The van der Waals surface area contributed by atoms with Crippen LogP contribution in [-0.4, -0.2) is 19.6 Å². The number of anilines is 1. The summed E-state index contributed by atoms with van der Waals surface area (Å²) in [7, 11) is 2.96. The molecule has 1 amide bonds. The molecular weight excluding hydrogens is 380 g/mol. The number of aromatic nitrogens is 3. The Balaban J connectivity index is 1.64. The maximum Gasteiger partial charge on any atom is 0.330 e. The predicted molar refractivity (Wildman–Crippen MR) is 120 cm³/mol. The molecule has 4 rings (SSSR count). The standard InChI is InChI=1S/C23H22N4O3/c1-4-27-19-8-6-5-7-17(19)18-13-16(10-11-20(18)27)24-21(28)12-9-15-14-25(2)23(30)26(3)22(15)29/h5-14H,4H2,1-3H3,(H,24,28)/b12-9+. The highest BCUT2D eigenvalue weighted by Gasteiger charge is 2.10. The molecule has 0 aliphatic rings. The van der Waals surface area contributed by atoms with Crippen LogP contribution < -0.4 is 16.6 Å². The fourth-order valence-electron chi connectivity index (χ4n) is 3.77. The zero-order valence-electron chi connectivity index (χ0n) is 17.0. The van der Waals surface area contributed by atoms with Crippen LogP contribution in [0.4, 0.5) is 5.69 Å². The minimum atomic E-state index is -0.448. The Labute approximate surface area is 172 Å². The fourth-order valence-corrected chi connectivity index (χ4v) is 3.77. The molecule has 30 heavy (non-hydrogen) atoms. The highest BCUT2D eigenvalue weighted by atomic mass is 16.2. The van der Waals surface area contributed by atoms with E-state index in [4.69, 9.17) is 0 Å². The third-order valence-corrected chi connectivity index (χ3v) is 5.24. The maximum absolute atomic E-state index is 12.4. The summed E-state index contributed by atoms with van der Waals surface area (Å²) in [6.07, 6.45) is 4.12. The summed E-state index contributed by atoms with van der Waals surface area (Å²) in [6, 6.07) is 14.0. The van der Waals surface area contributed by atoms with E-state index in [9.17, 15) is 14.4 Å². The maximum atomic E-state index is 12.4. The summed E-state index contributed by atoms with van der Waals surface area (Å²) in [5, 5.41) is 5.05. The first-order valence-corrected chi connectivity index (χ1v) is 9.67. The van der Waals surface area contributed by atoms with Gasteiger partial charge in [0.25, 0.3) is 5.56 Å². The predicted octanol–water partition coefficient (Wildman–Crippen LogP) is 2.86. The molecule has 0 radical (unpaired) electrons. The second-order valence-electron chi connectivity index (χ2n) is 7.16. The highest BCUT2D eigenvalue weighted by Crippen LogP contribution is 2.30. The molecule has 0 unspecified atom stereocenters. The lowest BCUT2D eigenvalue weighted by Gasteiger charge is -2.05. The van der Waals surface area contributed by atoms with Crippen molar-refractivity contribution >= 4 is 39.5 Å². The van der Waals surface area contributed by atoms with Gasteiger partial charge in [-0.1, -0.05) is 18.2 Å². The molecule has 0 spiro atoms. The number of carbonyl (C=O) groups excluding carboxylic acids is 1. The number of fused-ring (bicyclic) bond motifs is 3. The van der Waals surface area contributed by atoms with E-state index in [0.29, 0.717) is 5.69 Å². The van der Waals surface area contributed by atoms with Crippen molar-refractivity contribution in [2.75, 3.05) is 5.32 Å². The van der Waals surface area contributed by atoms with Crippen molar-refractivity contribution < 1.29 is 4.79 Å². The van der Waals surface area contributed by atoms with Gasteiger partial charge in [0.1, 0.15) is 0 Å². The molecule has 0 atom stereocenters. The lowest BCUT2D eigenvalue weighted by atomic mass is 10.1. The number of carbonyl (C=O) groups is 1. The van der Waals surface area contributed by atoms with Gasteiger partial charge in [-0.3, -0.25) is 14.2 Å². The molecule has 1 N–H and O–H groups in total. The van der Waals surface area contributed by atoms with Crippen LogP contribution >= 0.6 is 0 Å². The average molecular weight is 402 g/mol. The molecule has 0 saturated heterocycles. The molecule has 0 bridgehead atoms. The summed E-state index contributed by atoms with van der Waals surface area (Å²) in [6.45, 7) is 2.96. The van der Waals surface area contributed by atoms with Gasteiger partial charge in [0.2, 0.25) is 5.91 Å². The Hall–Kier alpha value is -3.87. The SMILES string of the molecule is CCn1c2ccccc2c2cc(NC(=O)/C=C/c3cn(C)c(=O)n(C)c3=O)ccc21. The molecule has 0 aliphatic carbocycles. The number of para-hydroxylation sites is 1. The number of hydrogen-bond donors (Lipinski definition) is 1. The van der Waals surface area contributed by atoms with E-state index in [1.54, 1.807) is 7.05 Å². The number of nitrogens with one attached hydrogen (secondary N) is 1. The lowest BCUT2D eigenvalue weighted by molar-refractivity contribution is -0.111. The molecule has 152 valence electrons. The first kappa shape index (κ1) is 19.4. The largest absolute Gasteiger partial charge is 0.341 e. The normalized spacial score (nSPS) is 11.6. The Kier molecular flexibility index (Phi) is 4.87. The van der Waals surface area contributed by atoms with Crippen molar-refractivity contribution in [3.05, 3.63) is 81.1 Å². The van der Waals surface area contributed by atoms with E-state index in [1.165, 1.54) is 30.0 Å². The molecule has 0 fully saturated rings. The second kappa shape index (κ2) is 7.51. The first-order chi connectivity index (χ1) is 14.4. The van der Waals surface area contributed by atoms with Gasteiger partial charge in [0.05, 0.1) is 5.56 Å². The van der Waals surface area contributed by atoms with Gasteiger partial charge < -0.3 is 14.5 Å². The van der Waals surface area contributed by atoms with E-state index in [-0.39, 0.29) is 11.5 Å².